The average Bonchev–Trinajstić information content (AvgIpc) is 2.65. The highest BCUT2D eigenvalue weighted by Crippen LogP contribution is 2.35. The van der Waals surface area contributed by atoms with Gasteiger partial charge in [-0.15, -0.1) is 0 Å². The van der Waals surface area contributed by atoms with Crippen LogP contribution in [0.2, 0.25) is 0 Å². The molecule has 0 bridgehead atoms. The van der Waals surface area contributed by atoms with Crippen molar-refractivity contribution in [2.45, 2.75) is 44.6 Å². The van der Waals surface area contributed by atoms with E-state index in [1.54, 1.807) is 6.20 Å². The SMILES string of the molecule is Cc1ccc(CNC2CC(Oc3ccc(F)c(C(F)(F)F)c3)C2)c2ccncc12. The highest BCUT2D eigenvalue weighted by Gasteiger charge is 2.35. The molecular weight excluding hydrogens is 384 g/mol. The molecule has 1 aliphatic rings. The Morgan fingerprint density at radius 2 is 1.90 bits per heavy atom. The van der Waals surface area contributed by atoms with E-state index in [0.717, 1.165) is 22.9 Å². The monoisotopic (exact) mass is 404 g/mol. The first-order chi connectivity index (χ1) is 13.8. The van der Waals surface area contributed by atoms with Crippen LogP contribution in [0.4, 0.5) is 17.6 Å². The first kappa shape index (κ1) is 19.6. The largest absolute Gasteiger partial charge is 0.490 e. The number of ether oxygens (including phenoxy) is 1. The first-order valence-corrected chi connectivity index (χ1v) is 9.40. The zero-order valence-corrected chi connectivity index (χ0v) is 15.8. The summed E-state index contributed by atoms with van der Waals surface area (Å²) in [6.45, 7) is 2.74. The van der Waals surface area contributed by atoms with E-state index >= 15 is 0 Å². The maximum atomic E-state index is 13.4. The maximum Gasteiger partial charge on any atom is 0.419 e. The molecule has 1 aliphatic carbocycles. The molecule has 3 nitrogen and oxygen atoms in total. The summed E-state index contributed by atoms with van der Waals surface area (Å²) in [5, 5.41) is 5.75. The molecule has 0 spiro atoms. The zero-order valence-electron chi connectivity index (χ0n) is 15.8. The molecule has 7 heteroatoms. The van der Waals surface area contributed by atoms with E-state index in [2.05, 4.69) is 29.4 Å². The van der Waals surface area contributed by atoms with Crippen LogP contribution in [0.25, 0.3) is 10.8 Å². The Bertz CT molecular complexity index is 1030. The minimum absolute atomic E-state index is 0.0409. The van der Waals surface area contributed by atoms with Crippen LogP contribution in [-0.4, -0.2) is 17.1 Å². The van der Waals surface area contributed by atoms with Gasteiger partial charge >= 0.3 is 6.18 Å². The van der Waals surface area contributed by atoms with E-state index in [1.165, 1.54) is 17.2 Å². The van der Waals surface area contributed by atoms with Gasteiger partial charge in [0.05, 0.1) is 5.56 Å². The van der Waals surface area contributed by atoms with Crippen LogP contribution in [0.3, 0.4) is 0 Å². The molecule has 0 atom stereocenters. The number of hydrogen-bond acceptors (Lipinski definition) is 3. The van der Waals surface area contributed by atoms with Crippen molar-refractivity contribution in [2.75, 3.05) is 0 Å². The molecule has 1 fully saturated rings. The summed E-state index contributed by atoms with van der Waals surface area (Å²) < 4.78 is 57.4. The highest BCUT2D eigenvalue weighted by atomic mass is 19.4. The van der Waals surface area contributed by atoms with Crippen molar-refractivity contribution < 1.29 is 22.3 Å². The van der Waals surface area contributed by atoms with Crippen LogP contribution >= 0.6 is 0 Å². The number of rotatable bonds is 5. The second-order valence-electron chi connectivity index (χ2n) is 7.39. The summed E-state index contributed by atoms with van der Waals surface area (Å²) >= 11 is 0. The molecule has 0 saturated heterocycles. The number of nitrogens with zero attached hydrogens (tertiary/aromatic N) is 1. The zero-order chi connectivity index (χ0) is 20.6. The second-order valence-corrected chi connectivity index (χ2v) is 7.39. The van der Waals surface area contributed by atoms with E-state index in [9.17, 15) is 17.6 Å². The van der Waals surface area contributed by atoms with Gasteiger partial charge in [0, 0.05) is 30.4 Å². The quantitative estimate of drug-likeness (QED) is 0.578. The van der Waals surface area contributed by atoms with Gasteiger partial charge in [0.15, 0.2) is 0 Å². The fourth-order valence-electron chi connectivity index (χ4n) is 3.62. The molecule has 2 aromatic carbocycles. The van der Waals surface area contributed by atoms with E-state index in [4.69, 9.17) is 4.74 Å². The molecule has 29 heavy (non-hydrogen) atoms. The lowest BCUT2D eigenvalue weighted by Crippen LogP contribution is -2.46. The number of aromatic nitrogens is 1. The lowest BCUT2D eigenvalue weighted by Gasteiger charge is -2.36. The van der Waals surface area contributed by atoms with E-state index in [0.29, 0.717) is 19.4 Å². The standard InChI is InChI=1S/C22H20F4N2O/c1-13-2-3-14(18-6-7-27-12-19(13)18)11-28-15-8-17(9-15)29-16-4-5-21(23)20(10-16)22(24,25)26/h2-7,10,12,15,17,28H,8-9,11H2,1H3. The van der Waals surface area contributed by atoms with E-state index < -0.39 is 17.6 Å². The molecule has 1 saturated carbocycles. The Labute approximate surface area is 165 Å². The van der Waals surface area contributed by atoms with Crippen LogP contribution in [0.5, 0.6) is 5.75 Å². The van der Waals surface area contributed by atoms with Crippen molar-refractivity contribution in [3.8, 4) is 5.75 Å². The van der Waals surface area contributed by atoms with Crippen LogP contribution in [0, 0.1) is 12.7 Å². The van der Waals surface area contributed by atoms with Gasteiger partial charge in [-0.25, -0.2) is 4.39 Å². The predicted molar refractivity (Wildman–Crippen MR) is 102 cm³/mol. The van der Waals surface area contributed by atoms with Crippen molar-refractivity contribution >= 4 is 10.8 Å². The van der Waals surface area contributed by atoms with Gasteiger partial charge in [-0.3, -0.25) is 4.98 Å². The molecular formula is C22H20F4N2O. The Balaban J connectivity index is 1.33. The summed E-state index contributed by atoms with van der Waals surface area (Å²) in [5.41, 5.74) is 1.04. The molecule has 4 rings (SSSR count). The number of aryl methyl sites for hydroxylation is 1. The van der Waals surface area contributed by atoms with E-state index in [1.807, 2.05) is 12.3 Å². The Morgan fingerprint density at radius 3 is 2.66 bits per heavy atom. The van der Waals surface area contributed by atoms with Crippen molar-refractivity contribution in [2.24, 2.45) is 0 Å². The number of fused-ring (bicyclic) bond motifs is 1. The third-order valence-corrected chi connectivity index (χ3v) is 5.35. The molecule has 1 N–H and O–H groups in total. The number of hydrogen-bond donors (Lipinski definition) is 1. The van der Waals surface area contributed by atoms with Gasteiger partial charge in [-0.1, -0.05) is 12.1 Å². The van der Waals surface area contributed by atoms with Crippen LogP contribution < -0.4 is 10.1 Å². The normalized spacial score (nSPS) is 19.2. The van der Waals surface area contributed by atoms with Gasteiger partial charge in [-0.2, -0.15) is 13.2 Å². The van der Waals surface area contributed by atoms with Gasteiger partial charge in [0.1, 0.15) is 17.7 Å². The van der Waals surface area contributed by atoms with Crippen molar-refractivity contribution in [1.82, 2.24) is 10.3 Å². The van der Waals surface area contributed by atoms with Crippen LogP contribution in [-0.2, 0) is 12.7 Å². The molecule has 1 heterocycles. The van der Waals surface area contributed by atoms with Gasteiger partial charge < -0.3 is 10.1 Å². The third kappa shape index (κ3) is 4.19. The molecule has 0 radical (unpaired) electrons. The maximum absolute atomic E-state index is 13.4. The summed E-state index contributed by atoms with van der Waals surface area (Å²) in [6.07, 6.45) is 0.0848. The molecule has 0 aliphatic heterocycles. The Kier molecular flexibility index (Phi) is 5.17. The lowest BCUT2D eigenvalue weighted by molar-refractivity contribution is -0.140. The minimum Gasteiger partial charge on any atom is -0.490 e. The van der Waals surface area contributed by atoms with E-state index in [-0.39, 0.29) is 17.9 Å². The van der Waals surface area contributed by atoms with Crippen molar-refractivity contribution in [3.63, 3.8) is 0 Å². The molecule has 152 valence electrons. The molecule has 1 aromatic heterocycles. The number of benzene rings is 2. The Hall–Kier alpha value is -2.67. The topological polar surface area (TPSA) is 34.1 Å². The summed E-state index contributed by atoms with van der Waals surface area (Å²) in [6, 6.07) is 9.14. The van der Waals surface area contributed by atoms with Crippen molar-refractivity contribution in [1.29, 1.82) is 0 Å². The molecule has 0 amide bonds. The van der Waals surface area contributed by atoms with Crippen molar-refractivity contribution in [3.05, 3.63) is 71.3 Å². The van der Waals surface area contributed by atoms with Crippen LogP contribution in [0.15, 0.2) is 48.8 Å². The number of alkyl halides is 3. The fourth-order valence-corrected chi connectivity index (χ4v) is 3.62. The predicted octanol–water partition coefficient (Wildman–Crippen LogP) is 5.40. The summed E-state index contributed by atoms with van der Waals surface area (Å²) in [5.74, 6) is -1.25. The number of pyridine rings is 1. The lowest BCUT2D eigenvalue weighted by atomic mass is 9.88. The number of halogens is 4. The minimum atomic E-state index is -4.74. The van der Waals surface area contributed by atoms with Gasteiger partial charge in [0.2, 0.25) is 0 Å². The summed E-state index contributed by atoms with van der Waals surface area (Å²) in [4.78, 5) is 4.18. The molecule has 3 aromatic rings. The first-order valence-electron chi connectivity index (χ1n) is 9.40. The number of nitrogens with one attached hydrogen (secondary N) is 1. The second kappa shape index (κ2) is 7.63. The average molecular weight is 404 g/mol. The smallest absolute Gasteiger partial charge is 0.419 e. The molecule has 0 unspecified atom stereocenters. The fraction of sp³-hybridized carbons (Fsp3) is 0.318. The third-order valence-electron chi connectivity index (χ3n) is 5.35. The van der Waals surface area contributed by atoms with Gasteiger partial charge in [0.25, 0.3) is 0 Å². The highest BCUT2D eigenvalue weighted by molar-refractivity contribution is 5.87. The summed E-state index contributed by atoms with van der Waals surface area (Å²) in [7, 11) is 0. The Morgan fingerprint density at radius 1 is 1.10 bits per heavy atom. The van der Waals surface area contributed by atoms with Crippen LogP contribution in [0.1, 0.15) is 29.5 Å². The van der Waals surface area contributed by atoms with Gasteiger partial charge in [-0.05, 0) is 60.5 Å².